The molecule has 1 saturated carbocycles. The van der Waals surface area contributed by atoms with E-state index in [0.717, 1.165) is 40.2 Å². The van der Waals surface area contributed by atoms with Gasteiger partial charge in [0.15, 0.2) is 5.82 Å². The van der Waals surface area contributed by atoms with E-state index < -0.39 is 0 Å². The SMILES string of the molecule is Cc1nc(C)c(C)c(NCc2nnc(C3CC3)n2-c2ccccc2)n1. The number of nitrogens with one attached hydrogen (secondary N) is 1. The Kier molecular flexibility index (Phi) is 3.95. The number of aromatic nitrogens is 5. The first-order valence-electron chi connectivity index (χ1n) is 8.69. The molecule has 1 aromatic carbocycles. The normalized spacial score (nSPS) is 13.9. The lowest BCUT2D eigenvalue weighted by molar-refractivity contribution is 0.836. The molecule has 0 spiro atoms. The van der Waals surface area contributed by atoms with Crippen molar-refractivity contribution in [1.29, 1.82) is 0 Å². The standard InChI is InChI=1S/C19H22N6/c1-12-13(2)21-14(3)22-18(12)20-11-17-23-24-19(15-9-10-15)25(17)16-7-5-4-6-8-16/h4-8,15H,9-11H2,1-3H3,(H,20,21,22). The second kappa shape index (κ2) is 6.27. The first kappa shape index (κ1) is 15.7. The monoisotopic (exact) mass is 334 g/mol. The molecule has 25 heavy (non-hydrogen) atoms. The van der Waals surface area contributed by atoms with Gasteiger partial charge in [0.05, 0.1) is 6.54 Å². The van der Waals surface area contributed by atoms with E-state index in [-0.39, 0.29) is 0 Å². The topological polar surface area (TPSA) is 68.5 Å². The molecular weight excluding hydrogens is 312 g/mol. The van der Waals surface area contributed by atoms with Gasteiger partial charge in [0, 0.05) is 22.9 Å². The number of para-hydroxylation sites is 1. The van der Waals surface area contributed by atoms with Crippen LogP contribution in [-0.4, -0.2) is 24.7 Å². The summed E-state index contributed by atoms with van der Waals surface area (Å²) in [5, 5.41) is 12.3. The van der Waals surface area contributed by atoms with E-state index in [0.29, 0.717) is 12.5 Å². The Labute approximate surface area is 147 Å². The number of hydrogen-bond donors (Lipinski definition) is 1. The van der Waals surface area contributed by atoms with Gasteiger partial charge >= 0.3 is 0 Å². The molecule has 128 valence electrons. The van der Waals surface area contributed by atoms with Crippen LogP contribution in [0, 0.1) is 20.8 Å². The molecule has 2 heterocycles. The van der Waals surface area contributed by atoms with Crippen LogP contribution < -0.4 is 5.32 Å². The summed E-state index contributed by atoms with van der Waals surface area (Å²) in [7, 11) is 0. The highest BCUT2D eigenvalue weighted by Gasteiger charge is 2.30. The van der Waals surface area contributed by atoms with E-state index in [1.165, 1.54) is 12.8 Å². The van der Waals surface area contributed by atoms with Gasteiger partial charge in [-0.25, -0.2) is 9.97 Å². The molecule has 3 aromatic rings. The van der Waals surface area contributed by atoms with E-state index in [1.54, 1.807) is 0 Å². The van der Waals surface area contributed by atoms with Crippen molar-refractivity contribution in [2.75, 3.05) is 5.32 Å². The molecule has 1 N–H and O–H groups in total. The Bertz CT molecular complexity index is 896. The minimum absolute atomic E-state index is 0.534. The van der Waals surface area contributed by atoms with E-state index in [9.17, 15) is 0 Å². The van der Waals surface area contributed by atoms with Gasteiger partial charge in [0.1, 0.15) is 17.5 Å². The Morgan fingerprint density at radius 3 is 2.52 bits per heavy atom. The minimum Gasteiger partial charge on any atom is -0.362 e. The third kappa shape index (κ3) is 3.12. The van der Waals surface area contributed by atoms with Gasteiger partial charge < -0.3 is 5.32 Å². The highest BCUT2D eigenvalue weighted by Crippen LogP contribution is 2.40. The van der Waals surface area contributed by atoms with Crippen molar-refractivity contribution < 1.29 is 0 Å². The van der Waals surface area contributed by atoms with E-state index >= 15 is 0 Å². The molecule has 4 rings (SSSR count). The van der Waals surface area contributed by atoms with Crippen LogP contribution in [-0.2, 0) is 6.54 Å². The molecule has 0 aliphatic heterocycles. The number of aryl methyl sites for hydroxylation is 2. The third-order valence-electron chi connectivity index (χ3n) is 4.63. The molecule has 0 atom stereocenters. The Morgan fingerprint density at radius 1 is 1.04 bits per heavy atom. The van der Waals surface area contributed by atoms with E-state index in [1.807, 2.05) is 39.0 Å². The van der Waals surface area contributed by atoms with Gasteiger partial charge in [-0.15, -0.1) is 10.2 Å². The average molecular weight is 334 g/mol. The highest BCUT2D eigenvalue weighted by atomic mass is 15.3. The van der Waals surface area contributed by atoms with Crippen LogP contribution in [0.5, 0.6) is 0 Å². The summed E-state index contributed by atoms with van der Waals surface area (Å²) in [5.41, 5.74) is 3.18. The fraction of sp³-hybridized carbons (Fsp3) is 0.368. The fourth-order valence-electron chi connectivity index (χ4n) is 3.01. The fourth-order valence-corrected chi connectivity index (χ4v) is 3.01. The maximum atomic E-state index is 4.53. The zero-order valence-corrected chi connectivity index (χ0v) is 14.8. The van der Waals surface area contributed by atoms with Crippen molar-refractivity contribution >= 4 is 5.82 Å². The zero-order chi connectivity index (χ0) is 17.4. The molecule has 2 aromatic heterocycles. The lowest BCUT2D eigenvalue weighted by Gasteiger charge is -2.13. The number of hydrogen-bond acceptors (Lipinski definition) is 5. The second-order valence-electron chi connectivity index (χ2n) is 6.60. The van der Waals surface area contributed by atoms with E-state index in [2.05, 4.69) is 42.2 Å². The van der Waals surface area contributed by atoms with Crippen LogP contribution in [0.2, 0.25) is 0 Å². The predicted octanol–water partition coefficient (Wildman–Crippen LogP) is 3.47. The summed E-state index contributed by atoms with van der Waals surface area (Å²) in [4.78, 5) is 8.93. The molecule has 0 radical (unpaired) electrons. The van der Waals surface area contributed by atoms with Crippen LogP contribution in [0.4, 0.5) is 5.82 Å². The van der Waals surface area contributed by atoms with Gasteiger partial charge in [0.25, 0.3) is 0 Å². The van der Waals surface area contributed by atoms with Gasteiger partial charge in [-0.3, -0.25) is 4.57 Å². The molecule has 1 fully saturated rings. The molecule has 6 heteroatoms. The maximum Gasteiger partial charge on any atom is 0.157 e. The molecule has 0 unspecified atom stereocenters. The molecule has 0 saturated heterocycles. The Balaban J connectivity index is 1.66. The van der Waals surface area contributed by atoms with Gasteiger partial charge in [-0.2, -0.15) is 0 Å². The van der Waals surface area contributed by atoms with Crippen molar-refractivity contribution in [2.24, 2.45) is 0 Å². The van der Waals surface area contributed by atoms with Crippen molar-refractivity contribution in [2.45, 2.75) is 46.1 Å². The Hall–Kier alpha value is -2.76. The summed E-state index contributed by atoms with van der Waals surface area (Å²) < 4.78 is 2.18. The lowest BCUT2D eigenvalue weighted by Crippen LogP contribution is -2.12. The summed E-state index contributed by atoms with van der Waals surface area (Å²) in [6.07, 6.45) is 2.39. The number of anilines is 1. The highest BCUT2D eigenvalue weighted by molar-refractivity contribution is 5.46. The van der Waals surface area contributed by atoms with Crippen LogP contribution in [0.1, 0.15) is 47.5 Å². The predicted molar refractivity (Wildman–Crippen MR) is 96.9 cm³/mol. The quantitative estimate of drug-likeness (QED) is 0.774. The van der Waals surface area contributed by atoms with E-state index in [4.69, 9.17) is 0 Å². The Morgan fingerprint density at radius 2 is 1.80 bits per heavy atom. The molecule has 0 amide bonds. The first-order valence-corrected chi connectivity index (χ1v) is 8.69. The molecule has 6 nitrogen and oxygen atoms in total. The van der Waals surface area contributed by atoms with Crippen LogP contribution in [0.15, 0.2) is 30.3 Å². The molecular formula is C19H22N6. The zero-order valence-electron chi connectivity index (χ0n) is 14.8. The maximum absolute atomic E-state index is 4.53. The lowest BCUT2D eigenvalue weighted by atomic mass is 10.2. The second-order valence-corrected chi connectivity index (χ2v) is 6.60. The van der Waals surface area contributed by atoms with Crippen molar-refractivity contribution in [3.63, 3.8) is 0 Å². The smallest absolute Gasteiger partial charge is 0.157 e. The van der Waals surface area contributed by atoms with Gasteiger partial charge in [-0.1, -0.05) is 18.2 Å². The van der Waals surface area contributed by atoms with Crippen molar-refractivity contribution in [1.82, 2.24) is 24.7 Å². The van der Waals surface area contributed by atoms with Gasteiger partial charge in [-0.05, 0) is 45.7 Å². The van der Waals surface area contributed by atoms with Crippen molar-refractivity contribution in [3.8, 4) is 5.69 Å². The van der Waals surface area contributed by atoms with Crippen LogP contribution in [0.3, 0.4) is 0 Å². The molecule has 0 bridgehead atoms. The number of nitrogens with zero attached hydrogens (tertiary/aromatic N) is 5. The molecule has 1 aliphatic carbocycles. The summed E-state index contributed by atoms with van der Waals surface area (Å²) in [5.74, 6) is 4.14. The van der Waals surface area contributed by atoms with Crippen molar-refractivity contribution in [3.05, 3.63) is 59.1 Å². The van der Waals surface area contributed by atoms with Crippen LogP contribution >= 0.6 is 0 Å². The third-order valence-corrected chi connectivity index (χ3v) is 4.63. The summed E-state index contributed by atoms with van der Waals surface area (Å²) in [6.45, 7) is 6.53. The first-order chi connectivity index (χ1) is 12.1. The molecule has 1 aliphatic rings. The van der Waals surface area contributed by atoms with Crippen LogP contribution in [0.25, 0.3) is 5.69 Å². The average Bonchev–Trinajstić information content (AvgIpc) is 3.37. The summed E-state index contributed by atoms with van der Waals surface area (Å²) >= 11 is 0. The van der Waals surface area contributed by atoms with Gasteiger partial charge in [0.2, 0.25) is 0 Å². The summed E-state index contributed by atoms with van der Waals surface area (Å²) in [6, 6.07) is 10.3. The number of rotatable bonds is 5. The minimum atomic E-state index is 0.534. The largest absolute Gasteiger partial charge is 0.362 e. The number of benzene rings is 1.